The van der Waals surface area contributed by atoms with Crippen LogP contribution < -0.4 is 25.2 Å². The lowest BCUT2D eigenvalue weighted by molar-refractivity contribution is 0.0817. The Kier molecular flexibility index (Phi) is 16.0. The summed E-state index contributed by atoms with van der Waals surface area (Å²) in [7, 11) is -4.88. The number of nitrogens with one attached hydrogen (secondary N) is 3. The Labute approximate surface area is 410 Å². The average Bonchev–Trinajstić information content (AvgIpc) is 3.62. The Bertz CT molecular complexity index is 2910. The van der Waals surface area contributed by atoms with Gasteiger partial charge in [-0.1, -0.05) is 30.3 Å². The summed E-state index contributed by atoms with van der Waals surface area (Å²) in [4.78, 5) is 21.9. The molecule has 2 saturated heterocycles. The molecule has 0 unspecified atom stereocenters. The predicted molar refractivity (Wildman–Crippen MR) is 277 cm³/mol. The van der Waals surface area contributed by atoms with Gasteiger partial charge in [0.05, 0.1) is 22.3 Å². The number of halogens is 1. The van der Waals surface area contributed by atoms with Gasteiger partial charge in [-0.2, -0.15) is 0 Å². The maximum Gasteiger partial charge on any atom is 0.261 e. The Balaban J connectivity index is 0.907. The van der Waals surface area contributed by atoms with Gasteiger partial charge in [-0.05, 0) is 141 Å². The van der Waals surface area contributed by atoms with Crippen LogP contribution in [0.1, 0.15) is 40.9 Å². The first kappa shape index (κ1) is 49.6. The summed E-state index contributed by atoms with van der Waals surface area (Å²) in [6, 6.07) is 37.1. The first-order chi connectivity index (χ1) is 33.2. The molecule has 69 heavy (non-hydrogen) atoms. The molecular weight excluding hydrogens is 934 g/mol. The van der Waals surface area contributed by atoms with Crippen molar-refractivity contribution in [3.63, 3.8) is 0 Å². The summed E-state index contributed by atoms with van der Waals surface area (Å²) in [5.74, 6) is -0.539. The smallest absolute Gasteiger partial charge is 0.261 e. The summed E-state index contributed by atoms with van der Waals surface area (Å²) < 4.78 is 68.9. The van der Waals surface area contributed by atoms with E-state index in [1.54, 1.807) is 55.1 Å². The quantitative estimate of drug-likeness (QED) is 0.0421. The van der Waals surface area contributed by atoms with Crippen molar-refractivity contribution in [2.75, 3.05) is 77.3 Å². The molecule has 1 atom stereocenters. The van der Waals surface area contributed by atoms with E-state index in [0.717, 1.165) is 72.8 Å². The second-order valence-electron chi connectivity index (χ2n) is 17.7. The van der Waals surface area contributed by atoms with Gasteiger partial charge in [0, 0.05) is 104 Å². The predicted octanol–water partition coefficient (Wildman–Crippen LogP) is 7.96. The molecular formula is C52H60FN7O6S3. The highest BCUT2D eigenvalue weighted by molar-refractivity contribution is 7.99. The van der Waals surface area contributed by atoms with Crippen LogP contribution in [0.2, 0.25) is 0 Å². The molecule has 0 aliphatic carbocycles. The molecule has 0 radical (unpaired) electrons. The molecule has 6 aromatic rings. The SMILES string of the molecule is Cc1cc(S(=O)(=O)Nc2ccc(N3CCN(c4cccc(-c5c(C(=O)NC[SH](=O)=O)c(C)n(C)c5-c5ccc(F)cc5)c4)CC3)cc2)ccc1N[C@H](CCN1CCC(O)CC1)CSc1ccccc1. The van der Waals surface area contributed by atoms with Crippen LogP contribution >= 0.6 is 11.8 Å². The second kappa shape index (κ2) is 22.3. The first-order valence-electron chi connectivity index (χ1n) is 23.3. The number of aliphatic hydroxyl groups excluding tert-OH is 1. The fourth-order valence-corrected chi connectivity index (χ4v) is 11.6. The van der Waals surface area contributed by atoms with Gasteiger partial charge in [-0.25, -0.2) is 21.2 Å². The normalized spacial score (nSPS) is 15.3. The largest absolute Gasteiger partial charge is 0.393 e. The van der Waals surface area contributed by atoms with E-state index in [1.807, 2.05) is 79.2 Å². The number of nitrogens with zero attached hydrogens (tertiary/aromatic N) is 4. The number of piperazine rings is 1. The van der Waals surface area contributed by atoms with Crippen molar-refractivity contribution in [3.05, 3.63) is 144 Å². The van der Waals surface area contributed by atoms with E-state index in [1.165, 1.54) is 17.0 Å². The highest BCUT2D eigenvalue weighted by atomic mass is 32.2. The topological polar surface area (TPSA) is 156 Å². The molecule has 5 aromatic carbocycles. The molecule has 1 amide bonds. The van der Waals surface area contributed by atoms with Crippen LogP contribution in [-0.2, 0) is 27.8 Å². The van der Waals surface area contributed by atoms with E-state index >= 15 is 0 Å². The number of rotatable bonds is 18. The van der Waals surface area contributed by atoms with Gasteiger partial charge in [0.25, 0.3) is 15.9 Å². The van der Waals surface area contributed by atoms with Crippen molar-refractivity contribution >= 4 is 61.1 Å². The number of aliphatic hydroxyl groups is 1. The van der Waals surface area contributed by atoms with Gasteiger partial charge >= 0.3 is 0 Å². The number of anilines is 4. The summed E-state index contributed by atoms with van der Waals surface area (Å²) in [5, 5.41) is 16.2. The summed E-state index contributed by atoms with van der Waals surface area (Å²) >= 11 is 1.80. The number of amides is 1. The van der Waals surface area contributed by atoms with E-state index in [2.05, 4.69) is 42.2 Å². The Morgan fingerprint density at radius 1 is 0.812 bits per heavy atom. The van der Waals surface area contributed by atoms with Gasteiger partial charge in [0.1, 0.15) is 11.7 Å². The molecule has 0 spiro atoms. The third-order valence-electron chi connectivity index (χ3n) is 13.1. The van der Waals surface area contributed by atoms with Gasteiger partial charge in [-0.3, -0.25) is 9.52 Å². The lowest BCUT2D eigenvalue weighted by Crippen LogP contribution is -2.46. The van der Waals surface area contributed by atoms with Crippen LogP contribution in [0.4, 0.5) is 27.1 Å². The molecule has 2 aliphatic heterocycles. The number of aromatic nitrogens is 1. The molecule has 4 N–H and O–H groups in total. The lowest BCUT2D eigenvalue weighted by atomic mass is 9.96. The Hall–Kier alpha value is -5.85. The summed E-state index contributed by atoms with van der Waals surface area (Å²) in [6.45, 7) is 9.23. The minimum absolute atomic E-state index is 0.143. The van der Waals surface area contributed by atoms with Crippen LogP contribution in [-0.4, -0.2) is 107 Å². The lowest BCUT2D eigenvalue weighted by Gasteiger charge is -2.37. The maximum absolute atomic E-state index is 14.0. The number of hydrogen-bond acceptors (Lipinski definition) is 11. The monoisotopic (exact) mass is 993 g/mol. The van der Waals surface area contributed by atoms with Gasteiger partial charge in [0.2, 0.25) is 0 Å². The average molecular weight is 994 g/mol. The van der Waals surface area contributed by atoms with E-state index in [0.29, 0.717) is 59.9 Å². The zero-order valence-electron chi connectivity index (χ0n) is 39.1. The molecule has 2 aliphatic rings. The zero-order chi connectivity index (χ0) is 48.7. The van der Waals surface area contributed by atoms with Crippen LogP contribution in [0.15, 0.2) is 131 Å². The first-order valence-corrected chi connectivity index (χ1v) is 27.1. The molecule has 3 heterocycles. The number of benzene rings is 5. The minimum atomic E-state index is -3.88. The number of carbonyl (C=O) groups is 1. The van der Waals surface area contributed by atoms with Gasteiger partial charge in [0.15, 0.2) is 10.7 Å². The van der Waals surface area contributed by atoms with E-state index in [-0.39, 0.29) is 22.9 Å². The number of aryl methyl sites for hydroxylation is 1. The molecule has 1 aromatic heterocycles. The number of thioether (sulfide) groups is 1. The van der Waals surface area contributed by atoms with E-state index in [4.69, 9.17) is 0 Å². The third kappa shape index (κ3) is 12.3. The van der Waals surface area contributed by atoms with Gasteiger partial charge in [-0.15, -0.1) is 11.8 Å². The van der Waals surface area contributed by atoms with Crippen LogP contribution in [0, 0.1) is 19.7 Å². The van der Waals surface area contributed by atoms with Crippen molar-refractivity contribution < 1.29 is 31.1 Å². The van der Waals surface area contributed by atoms with Crippen LogP contribution in [0.5, 0.6) is 0 Å². The zero-order valence-corrected chi connectivity index (χ0v) is 41.6. The molecule has 2 fully saturated rings. The van der Waals surface area contributed by atoms with Crippen molar-refractivity contribution in [1.82, 2.24) is 14.8 Å². The number of piperidine rings is 1. The Morgan fingerprint density at radius 2 is 1.49 bits per heavy atom. The standard InChI is InChI=1S/C52H60FN7O6S3/c1-36-32-47(20-21-48(36)55-42(34-67-46-10-5-4-6-11-46)22-25-58-26-23-45(61)24-27-58)69(65,66)56-41-16-18-43(19-17-41)59-28-30-60(31-29-59)44-9-7-8-39(33-44)50-49(52(62)54-35-68(63)64)37(2)57(3)51(50)38-12-14-40(53)15-13-38/h4-21,32-33,42,45,55-56,61,68H,22-31,34-35H2,1-3H3,(H,54,62)/t42-/m1/s1. The minimum Gasteiger partial charge on any atom is -0.393 e. The molecule has 8 rings (SSSR count). The summed E-state index contributed by atoms with van der Waals surface area (Å²) in [5.41, 5.74) is 7.91. The number of hydrogen-bond donors (Lipinski definition) is 5. The summed E-state index contributed by atoms with van der Waals surface area (Å²) in [6.07, 6.45) is 2.30. The number of sulfonamides is 1. The second-order valence-corrected chi connectivity index (χ2v) is 21.5. The van der Waals surface area contributed by atoms with E-state index in [9.17, 15) is 31.1 Å². The van der Waals surface area contributed by atoms with Crippen molar-refractivity contribution in [1.29, 1.82) is 0 Å². The highest BCUT2D eigenvalue weighted by Crippen LogP contribution is 2.40. The number of thiol groups is 1. The Morgan fingerprint density at radius 3 is 2.16 bits per heavy atom. The van der Waals surface area contributed by atoms with Crippen LogP contribution in [0.25, 0.3) is 22.4 Å². The number of carbonyl (C=O) groups excluding carboxylic acids is 1. The fourth-order valence-electron chi connectivity index (χ4n) is 9.14. The van der Waals surface area contributed by atoms with E-state index < -0.39 is 32.5 Å². The molecule has 0 bridgehead atoms. The van der Waals surface area contributed by atoms with Crippen LogP contribution in [0.3, 0.4) is 0 Å². The fraction of sp³-hybridized carbons (Fsp3) is 0.327. The number of likely N-dealkylation sites (tertiary alicyclic amines) is 1. The molecule has 364 valence electrons. The van der Waals surface area contributed by atoms with Crippen molar-refractivity contribution in [2.24, 2.45) is 7.05 Å². The highest BCUT2D eigenvalue weighted by Gasteiger charge is 2.28. The molecule has 0 saturated carbocycles. The van der Waals surface area contributed by atoms with Crippen molar-refractivity contribution in [3.8, 4) is 22.4 Å². The third-order valence-corrected chi connectivity index (χ3v) is 16.0. The molecule has 17 heteroatoms. The van der Waals surface area contributed by atoms with Gasteiger partial charge < -0.3 is 35.0 Å². The maximum atomic E-state index is 14.0. The molecule has 13 nitrogen and oxygen atoms in total. The van der Waals surface area contributed by atoms with Crippen molar-refractivity contribution in [2.45, 2.75) is 55.0 Å².